The highest BCUT2D eigenvalue weighted by atomic mass is 32.2. The van der Waals surface area contributed by atoms with Crippen molar-refractivity contribution in [3.8, 4) is 0 Å². The second-order valence-corrected chi connectivity index (χ2v) is 3.98. The van der Waals surface area contributed by atoms with Gasteiger partial charge in [-0.25, -0.2) is 0 Å². The third-order valence-corrected chi connectivity index (χ3v) is 2.79. The van der Waals surface area contributed by atoms with E-state index < -0.39 is 0 Å². The number of hydrogen-bond donors (Lipinski definition) is 0. The van der Waals surface area contributed by atoms with Gasteiger partial charge in [-0.1, -0.05) is 35.1 Å². The fraction of sp³-hybridized carbons (Fsp3) is 0.300. The highest BCUT2D eigenvalue weighted by Gasteiger charge is 2.07. The molecule has 0 radical (unpaired) electrons. The minimum Gasteiger partial charge on any atom is -0.395 e. The smallest absolute Gasteiger partial charge is 0.117 e. The van der Waals surface area contributed by atoms with Gasteiger partial charge in [0.1, 0.15) is 11.7 Å². The summed E-state index contributed by atoms with van der Waals surface area (Å²) in [4.78, 5) is 6.25. The highest BCUT2D eigenvalue weighted by Crippen LogP contribution is 2.23. The molecule has 0 unspecified atom stereocenters. The fourth-order valence-electron chi connectivity index (χ4n) is 1.15. The third kappa shape index (κ3) is 2.49. The van der Waals surface area contributed by atoms with E-state index in [4.69, 9.17) is 4.84 Å². The van der Waals surface area contributed by atoms with Gasteiger partial charge in [-0.05, 0) is 18.6 Å². The van der Waals surface area contributed by atoms with Crippen molar-refractivity contribution in [2.75, 3.05) is 6.61 Å². The number of oxime groups is 1. The van der Waals surface area contributed by atoms with Gasteiger partial charge in [0.05, 0.1) is 0 Å². The van der Waals surface area contributed by atoms with Gasteiger partial charge in [-0.15, -0.1) is 0 Å². The second-order valence-electron chi connectivity index (χ2n) is 2.84. The molecule has 2 nitrogen and oxygen atoms in total. The maximum atomic E-state index is 5.02. The number of thioether (sulfide) groups is 1. The summed E-state index contributed by atoms with van der Waals surface area (Å²) in [5.41, 5.74) is 0. The second kappa shape index (κ2) is 4.33. The third-order valence-electron chi connectivity index (χ3n) is 1.77. The Morgan fingerprint density at radius 3 is 2.77 bits per heavy atom. The molecule has 0 fully saturated rings. The van der Waals surface area contributed by atoms with Gasteiger partial charge in [0.25, 0.3) is 0 Å². The highest BCUT2D eigenvalue weighted by molar-refractivity contribution is 8.14. The van der Waals surface area contributed by atoms with Gasteiger partial charge in [0, 0.05) is 11.3 Å². The number of rotatable bonds is 1. The first-order valence-corrected chi connectivity index (χ1v) is 5.18. The zero-order chi connectivity index (χ0) is 8.93. The van der Waals surface area contributed by atoms with E-state index in [9.17, 15) is 0 Å². The molecule has 0 spiro atoms. The molecule has 0 aliphatic carbocycles. The molecule has 0 bridgehead atoms. The summed E-state index contributed by atoms with van der Waals surface area (Å²) < 4.78 is 0. The predicted octanol–water partition coefficient (Wildman–Crippen LogP) is 2.90. The summed E-state index contributed by atoms with van der Waals surface area (Å²) in [5, 5.41) is 5.09. The molecule has 1 aliphatic rings. The zero-order valence-electron chi connectivity index (χ0n) is 7.27. The van der Waals surface area contributed by atoms with E-state index >= 15 is 0 Å². The Morgan fingerprint density at radius 2 is 2.08 bits per heavy atom. The molecule has 1 heterocycles. The van der Waals surface area contributed by atoms with Gasteiger partial charge < -0.3 is 4.84 Å². The van der Waals surface area contributed by atoms with Crippen molar-refractivity contribution in [1.29, 1.82) is 0 Å². The number of nitrogens with zero attached hydrogens (tertiary/aromatic N) is 1. The normalized spacial score (nSPS) is 16.2. The Bertz CT molecular complexity index is 297. The zero-order valence-corrected chi connectivity index (χ0v) is 8.09. The molecular weight excluding hydrogens is 182 g/mol. The van der Waals surface area contributed by atoms with Crippen LogP contribution < -0.4 is 0 Å². The SMILES string of the molecule is c1ccc(SC2=NOCCC2)cc1. The molecule has 3 heteroatoms. The average molecular weight is 193 g/mol. The molecule has 1 aliphatic heterocycles. The molecule has 0 N–H and O–H groups in total. The lowest BCUT2D eigenvalue weighted by Crippen LogP contribution is -2.03. The van der Waals surface area contributed by atoms with Crippen molar-refractivity contribution in [3.05, 3.63) is 30.3 Å². The van der Waals surface area contributed by atoms with Crippen LogP contribution in [0.1, 0.15) is 12.8 Å². The molecule has 0 atom stereocenters. The number of hydrogen-bond acceptors (Lipinski definition) is 3. The Morgan fingerprint density at radius 1 is 1.23 bits per heavy atom. The lowest BCUT2D eigenvalue weighted by Gasteiger charge is -2.10. The largest absolute Gasteiger partial charge is 0.395 e. The summed E-state index contributed by atoms with van der Waals surface area (Å²) in [6.07, 6.45) is 2.12. The van der Waals surface area contributed by atoms with Crippen LogP contribution in [-0.4, -0.2) is 11.7 Å². The van der Waals surface area contributed by atoms with Crippen molar-refractivity contribution < 1.29 is 4.84 Å². The topological polar surface area (TPSA) is 21.6 Å². The summed E-state index contributed by atoms with van der Waals surface area (Å²) in [7, 11) is 0. The van der Waals surface area contributed by atoms with Crippen molar-refractivity contribution in [3.63, 3.8) is 0 Å². The Kier molecular flexibility index (Phi) is 2.87. The minimum absolute atomic E-state index is 0.763. The van der Waals surface area contributed by atoms with Crippen LogP contribution in [0.2, 0.25) is 0 Å². The van der Waals surface area contributed by atoms with Crippen molar-refractivity contribution in [2.24, 2.45) is 5.16 Å². The molecule has 0 aromatic heterocycles. The molecular formula is C10H11NOS. The van der Waals surface area contributed by atoms with Gasteiger partial charge in [0.15, 0.2) is 0 Å². The summed E-state index contributed by atoms with van der Waals surface area (Å²) in [6, 6.07) is 10.3. The van der Waals surface area contributed by atoms with E-state index in [0.29, 0.717) is 0 Å². The average Bonchev–Trinajstić information content (AvgIpc) is 2.21. The fourth-order valence-corrected chi connectivity index (χ4v) is 2.05. The van der Waals surface area contributed by atoms with Gasteiger partial charge in [-0.2, -0.15) is 0 Å². The van der Waals surface area contributed by atoms with Crippen molar-refractivity contribution >= 4 is 16.8 Å². The first-order valence-electron chi connectivity index (χ1n) is 4.37. The molecule has 1 aromatic rings. The van der Waals surface area contributed by atoms with Crippen molar-refractivity contribution in [1.82, 2.24) is 0 Å². The van der Waals surface area contributed by atoms with E-state index in [2.05, 4.69) is 17.3 Å². The van der Waals surface area contributed by atoms with Crippen LogP contribution in [-0.2, 0) is 4.84 Å². The Balaban J connectivity index is 2.01. The molecule has 13 heavy (non-hydrogen) atoms. The number of benzene rings is 1. The van der Waals surface area contributed by atoms with Gasteiger partial charge >= 0.3 is 0 Å². The van der Waals surface area contributed by atoms with Crippen LogP contribution in [0.4, 0.5) is 0 Å². The Hall–Kier alpha value is -0.960. The minimum atomic E-state index is 0.763. The van der Waals surface area contributed by atoms with E-state index in [1.807, 2.05) is 18.2 Å². The summed E-state index contributed by atoms with van der Waals surface area (Å²) >= 11 is 1.69. The summed E-state index contributed by atoms with van der Waals surface area (Å²) in [6.45, 7) is 0.763. The van der Waals surface area contributed by atoms with Crippen LogP contribution in [0, 0.1) is 0 Å². The van der Waals surface area contributed by atoms with Crippen LogP contribution >= 0.6 is 11.8 Å². The van der Waals surface area contributed by atoms with E-state index in [1.165, 1.54) is 4.90 Å². The standard InChI is InChI=1S/C10H11NOS/c1-2-5-9(6-3-1)13-10-7-4-8-12-11-10/h1-3,5-6H,4,7-8H2. The molecule has 0 amide bonds. The molecule has 0 saturated carbocycles. The first kappa shape index (κ1) is 8.63. The molecule has 1 aromatic carbocycles. The quantitative estimate of drug-likeness (QED) is 0.684. The Labute approximate surface area is 82.0 Å². The van der Waals surface area contributed by atoms with E-state index in [1.54, 1.807) is 11.8 Å². The monoisotopic (exact) mass is 193 g/mol. The first-order chi connectivity index (χ1) is 6.45. The van der Waals surface area contributed by atoms with E-state index in [0.717, 1.165) is 24.5 Å². The lowest BCUT2D eigenvalue weighted by molar-refractivity contribution is 0.133. The predicted molar refractivity (Wildman–Crippen MR) is 54.9 cm³/mol. The molecule has 0 saturated heterocycles. The molecule has 2 rings (SSSR count). The lowest BCUT2D eigenvalue weighted by atomic mass is 10.3. The summed E-state index contributed by atoms with van der Waals surface area (Å²) in [5.74, 6) is 0. The van der Waals surface area contributed by atoms with E-state index in [-0.39, 0.29) is 0 Å². The molecule has 68 valence electrons. The van der Waals surface area contributed by atoms with Crippen LogP contribution in [0.25, 0.3) is 0 Å². The van der Waals surface area contributed by atoms with Gasteiger partial charge in [-0.3, -0.25) is 0 Å². The maximum absolute atomic E-state index is 5.02. The van der Waals surface area contributed by atoms with Crippen LogP contribution in [0.3, 0.4) is 0 Å². The van der Waals surface area contributed by atoms with Crippen molar-refractivity contribution in [2.45, 2.75) is 17.7 Å². The van der Waals surface area contributed by atoms with Crippen LogP contribution in [0.5, 0.6) is 0 Å². The van der Waals surface area contributed by atoms with Crippen LogP contribution in [0.15, 0.2) is 40.4 Å². The van der Waals surface area contributed by atoms with Gasteiger partial charge in [0.2, 0.25) is 0 Å². The maximum Gasteiger partial charge on any atom is 0.117 e.